The number of carboxylic acids is 1. The van der Waals surface area contributed by atoms with Crippen LogP contribution in [-0.4, -0.2) is 50.2 Å². The molecular formula is C38H39N3O5S. The number of carboxylic acid groups (broad SMARTS) is 1. The second-order valence-electron chi connectivity index (χ2n) is 11.4. The van der Waals surface area contributed by atoms with Crippen LogP contribution in [0.15, 0.2) is 91.0 Å². The summed E-state index contributed by atoms with van der Waals surface area (Å²) in [6, 6.07) is 28.3. The molecule has 242 valence electrons. The number of benzene rings is 4. The van der Waals surface area contributed by atoms with Crippen molar-refractivity contribution in [1.82, 2.24) is 14.9 Å². The SMILES string of the molecule is CCCc1nc2c(C)cc(C(=O)N[C@@H](CSC(=O)OCC)Cc3ccccc3)cc2n1Cc1ccc(-c2ccccc2C(=O)O)cc1. The summed E-state index contributed by atoms with van der Waals surface area (Å²) < 4.78 is 7.27. The van der Waals surface area contributed by atoms with Crippen LogP contribution in [0.5, 0.6) is 0 Å². The molecule has 0 aliphatic heterocycles. The Morgan fingerprint density at radius 2 is 1.66 bits per heavy atom. The van der Waals surface area contributed by atoms with Gasteiger partial charge in [-0.3, -0.25) is 4.79 Å². The minimum atomic E-state index is -0.960. The molecule has 0 aliphatic rings. The molecule has 8 nitrogen and oxygen atoms in total. The quantitative estimate of drug-likeness (QED) is 0.125. The average Bonchev–Trinajstić information content (AvgIpc) is 3.41. The number of aromatic carboxylic acids is 1. The van der Waals surface area contributed by atoms with Crippen LogP contribution < -0.4 is 5.32 Å². The number of nitrogens with one attached hydrogen (secondary N) is 1. The number of rotatable bonds is 13. The number of amides is 1. The van der Waals surface area contributed by atoms with Crippen molar-refractivity contribution in [3.63, 3.8) is 0 Å². The monoisotopic (exact) mass is 649 g/mol. The maximum Gasteiger partial charge on any atom is 0.367 e. The third kappa shape index (κ3) is 8.29. The van der Waals surface area contributed by atoms with Gasteiger partial charge in [0.2, 0.25) is 0 Å². The van der Waals surface area contributed by atoms with Gasteiger partial charge in [0.05, 0.1) is 23.2 Å². The van der Waals surface area contributed by atoms with E-state index in [1.807, 2.05) is 85.8 Å². The Morgan fingerprint density at radius 1 is 0.936 bits per heavy atom. The normalized spacial score (nSPS) is 11.7. The second-order valence-corrected chi connectivity index (χ2v) is 12.4. The second kappa shape index (κ2) is 15.6. The predicted molar refractivity (Wildman–Crippen MR) is 187 cm³/mol. The molecule has 47 heavy (non-hydrogen) atoms. The van der Waals surface area contributed by atoms with Crippen molar-refractivity contribution < 1.29 is 24.2 Å². The van der Waals surface area contributed by atoms with Crippen LogP contribution in [0.3, 0.4) is 0 Å². The molecule has 0 saturated heterocycles. The molecule has 0 saturated carbocycles. The topological polar surface area (TPSA) is 111 Å². The van der Waals surface area contributed by atoms with Crippen LogP contribution in [0.1, 0.15) is 63.5 Å². The van der Waals surface area contributed by atoms with Crippen molar-refractivity contribution in [3.8, 4) is 11.1 Å². The van der Waals surface area contributed by atoms with E-state index in [9.17, 15) is 19.5 Å². The third-order valence-electron chi connectivity index (χ3n) is 7.95. The fourth-order valence-electron chi connectivity index (χ4n) is 5.70. The number of carbonyl (C=O) groups is 3. The van der Waals surface area contributed by atoms with Gasteiger partial charge in [0.1, 0.15) is 5.82 Å². The summed E-state index contributed by atoms with van der Waals surface area (Å²) in [6.45, 7) is 6.71. The molecule has 0 aliphatic carbocycles. The van der Waals surface area contributed by atoms with Crippen LogP contribution in [0.2, 0.25) is 0 Å². The van der Waals surface area contributed by atoms with E-state index in [2.05, 4.69) is 16.8 Å². The summed E-state index contributed by atoms with van der Waals surface area (Å²) in [7, 11) is 0. The minimum absolute atomic E-state index is 0.216. The van der Waals surface area contributed by atoms with Gasteiger partial charge in [-0.15, -0.1) is 0 Å². The molecule has 4 aromatic carbocycles. The number of hydrogen-bond acceptors (Lipinski definition) is 6. The Balaban J connectivity index is 1.43. The lowest BCUT2D eigenvalue weighted by molar-refractivity contribution is 0.0697. The maximum atomic E-state index is 13.8. The molecule has 2 N–H and O–H groups in total. The van der Waals surface area contributed by atoms with E-state index in [-0.39, 0.29) is 22.8 Å². The lowest BCUT2D eigenvalue weighted by atomic mass is 9.98. The molecule has 0 bridgehead atoms. The summed E-state index contributed by atoms with van der Waals surface area (Å²) in [5, 5.41) is 12.5. The van der Waals surface area contributed by atoms with Gasteiger partial charge in [0, 0.05) is 30.3 Å². The Morgan fingerprint density at radius 3 is 2.36 bits per heavy atom. The Kier molecular flexibility index (Phi) is 11.1. The van der Waals surface area contributed by atoms with Gasteiger partial charge in [-0.1, -0.05) is 79.7 Å². The minimum Gasteiger partial charge on any atom is -0.478 e. The zero-order valence-electron chi connectivity index (χ0n) is 26.9. The molecule has 9 heteroatoms. The van der Waals surface area contributed by atoms with E-state index >= 15 is 0 Å². The van der Waals surface area contributed by atoms with Gasteiger partial charge in [-0.05, 0) is 84.5 Å². The van der Waals surface area contributed by atoms with Gasteiger partial charge in [-0.25, -0.2) is 14.6 Å². The summed E-state index contributed by atoms with van der Waals surface area (Å²) in [6.07, 6.45) is 2.27. The molecule has 1 atom stereocenters. The molecular weight excluding hydrogens is 611 g/mol. The van der Waals surface area contributed by atoms with Crippen LogP contribution in [0.25, 0.3) is 22.2 Å². The Hall–Kier alpha value is -4.89. The van der Waals surface area contributed by atoms with Gasteiger partial charge in [-0.2, -0.15) is 0 Å². The van der Waals surface area contributed by atoms with Crippen molar-refractivity contribution in [2.75, 3.05) is 12.4 Å². The lowest BCUT2D eigenvalue weighted by Gasteiger charge is -2.19. The lowest BCUT2D eigenvalue weighted by Crippen LogP contribution is -2.38. The number of ether oxygens (including phenoxy) is 1. The fourth-order valence-corrected chi connectivity index (χ4v) is 6.44. The highest BCUT2D eigenvalue weighted by atomic mass is 32.2. The Labute approximate surface area is 279 Å². The van der Waals surface area contributed by atoms with E-state index < -0.39 is 5.97 Å². The van der Waals surface area contributed by atoms with E-state index in [1.165, 1.54) is 0 Å². The average molecular weight is 650 g/mol. The molecule has 1 heterocycles. The largest absolute Gasteiger partial charge is 0.478 e. The van der Waals surface area contributed by atoms with Gasteiger partial charge in [0.15, 0.2) is 0 Å². The third-order valence-corrected chi connectivity index (χ3v) is 8.87. The number of carbonyl (C=O) groups excluding carboxylic acids is 2. The van der Waals surface area contributed by atoms with E-state index in [0.717, 1.165) is 63.7 Å². The zero-order chi connectivity index (χ0) is 33.3. The van der Waals surface area contributed by atoms with Crippen molar-refractivity contribution in [2.24, 2.45) is 0 Å². The summed E-state index contributed by atoms with van der Waals surface area (Å²) in [4.78, 5) is 42.6. The van der Waals surface area contributed by atoms with Crippen LogP contribution in [-0.2, 0) is 24.1 Å². The zero-order valence-corrected chi connectivity index (χ0v) is 27.7. The first-order valence-electron chi connectivity index (χ1n) is 15.8. The van der Waals surface area contributed by atoms with Gasteiger partial charge in [0.25, 0.3) is 5.91 Å². The smallest absolute Gasteiger partial charge is 0.367 e. The number of fused-ring (bicyclic) bond motifs is 1. The van der Waals surface area contributed by atoms with Crippen molar-refractivity contribution in [3.05, 3.63) is 125 Å². The summed E-state index contributed by atoms with van der Waals surface area (Å²) >= 11 is 1.07. The number of thioether (sulfide) groups is 1. The molecule has 1 amide bonds. The first-order chi connectivity index (χ1) is 22.8. The van der Waals surface area contributed by atoms with E-state index in [0.29, 0.717) is 36.5 Å². The number of hydrogen-bond donors (Lipinski definition) is 2. The standard InChI is InChI=1S/C38H39N3O5S/c1-4-11-34-40-35-25(3)20-29(36(42)39-30(24-47-38(45)46-5-2)21-26-12-7-6-8-13-26)22-33(35)41(34)23-27-16-18-28(19-17-27)31-14-9-10-15-32(31)37(43)44/h6-10,12-20,22,30H,4-5,11,21,23-24H2,1-3H3,(H,39,42)(H,43,44)/t30-/m1/s1. The maximum absolute atomic E-state index is 13.8. The van der Waals surface area contributed by atoms with Crippen molar-refractivity contribution in [2.45, 2.75) is 52.6 Å². The number of imidazole rings is 1. The highest BCUT2D eigenvalue weighted by molar-refractivity contribution is 8.13. The summed E-state index contributed by atoms with van der Waals surface area (Å²) in [5.41, 5.74) is 7.02. The van der Waals surface area contributed by atoms with Crippen LogP contribution >= 0.6 is 11.8 Å². The highest BCUT2D eigenvalue weighted by Gasteiger charge is 2.20. The first kappa shape index (κ1) is 33.5. The number of aromatic nitrogens is 2. The number of aryl methyl sites for hydroxylation is 2. The predicted octanol–water partition coefficient (Wildman–Crippen LogP) is 7.94. The van der Waals surface area contributed by atoms with Gasteiger partial charge >= 0.3 is 11.3 Å². The Bertz CT molecular complexity index is 1870. The van der Waals surface area contributed by atoms with E-state index in [4.69, 9.17) is 9.72 Å². The molecule has 0 spiro atoms. The van der Waals surface area contributed by atoms with Gasteiger partial charge < -0.3 is 19.7 Å². The summed E-state index contributed by atoms with van der Waals surface area (Å²) in [5.74, 6) is 0.146. The van der Waals surface area contributed by atoms with Crippen molar-refractivity contribution >= 4 is 40.0 Å². The van der Waals surface area contributed by atoms with E-state index in [1.54, 1.807) is 19.1 Å². The van der Waals surface area contributed by atoms with Crippen molar-refractivity contribution in [1.29, 1.82) is 0 Å². The molecule has 5 rings (SSSR count). The molecule has 0 fully saturated rings. The molecule has 0 radical (unpaired) electrons. The highest BCUT2D eigenvalue weighted by Crippen LogP contribution is 2.27. The first-order valence-corrected chi connectivity index (χ1v) is 16.8. The van der Waals surface area contributed by atoms with Crippen LogP contribution in [0, 0.1) is 6.92 Å². The van der Waals surface area contributed by atoms with Crippen LogP contribution in [0.4, 0.5) is 4.79 Å². The number of nitrogens with zero attached hydrogens (tertiary/aromatic N) is 2. The fraction of sp³-hybridized carbons (Fsp3) is 0.263. The molecule has 5 aromatic rings. The molecule has 0 unspecified atom stereocenters. The molecule has 1 aromatic heterocycles.